The van der Waals surface area contributed by atoms with Crippen LogP contribution in [0.25, 0.3) is 0 Å². The maximum absolute atomic E-state index is 14.1. The van der Waals surface area contributed by atoms with E-state index in [1.54, 1.807) is 6.07 Å². The SMILES string of the molecule is CC(CC1=NC(c2ccc(S(C)(=O)=O)c(F)c2)=NC1)C1CCNCC1. The van der Waals surface area contributed by atoms with Crippen molar-refractivity contribution in [1.82, 2.24) is 5.32 Å². The monoisotopic (exact) mass is 365 g/mol. The van der Waals surface area contributed by atoms with E-state index in [1.165, 1.54) is 25.0 Å². The van der Waals surface area contributed by atoms with E-state index in [9.17, 15) is 12.8 Å². The topological polar surface area (TPSA) is 70.9 Å². The van der Waals surface area contributed by atoms with Crippen LogP contribution in [0, 0.1) is 17.7 Å². The molecule has 1 aromatic rings. The highest BCUT2D eigenvalue weighted by molar-refractivity contribution is 7.90. The Morgan fingerprint density at radius 2 is 2.04 bits per heavy atom. The van der Waals surface area contributed by atoms with E-state index >= 15 is 0 Å². The van der Waals surface area contributed by atoms with Crippen LogP contribution in [-0.2, 0) is 9.84 Å². The summed E-state index contributed by atoms with van der Waals surface area (Å²) in [7, 11) is -3.57. The van der Waals surface area contributed by atoms with Gasteiger partial charge in [0.05, 0.1) is 6.54 Å². The van der Waals surface area contributed by atoms with Gasteiger partial charge in [0.2, 0.25) is 0 Å². The van der Waals surface area contributed by atoms with E-state index in [4.69, 9.17) is 0 Å². The number of aliphatic imine (C=N–C) groups is 2. The highest BCUT2D eigenvalue weighted by atomic mass is 32.2. The summed E-state index contributed by atoms with van der Waals surface area (Å²) in [5, 5.41) is 3.38. The van der Waals surface area contributed by atoms with Crippen molar-refractivity contribution in [3.63, 3.8) is 0 Å². The van der Waals surface area contributed by atoms with E-state index in [2.05, 4.69) is 22.2 Å². The summed E-state index contributed by atoms with van der Waals surface area (Å²) in [6.45, 7) is 4.96. The minimum Gasteiger partial charge on any atom is -0.317 e. The van der Waals surface area contributed by atoms with Gasteiger partial charge in [-0.15, -0.1) is 0 Å². The number of sulfone groups is 1. The van der Waals surface area contributed by atoms with Crippen molar-refractivity contribution < 1.29 is 12.8 Å². The van der Waals surface area contributed by atoms with E-state index in [1.807, 2.05) is 0 Å². The van der Waals surface area contributed by atoms with Crippen LogP contribution < -0.4 is 5.32 Å². The molecule has 0 radical (unpaired) electrons. The van der Waals surface area contributed by atoms with Gasteiger partial charge in [-0.1, -0.05) is 6.92 Å². The molecule has 7 heteroatoms. The largest absolute Gasteiger partial charge is 0.317 e. The number of hydrogen-bond donors (Lipinski definition) is 1. The van der Waals surface area contributed by atoms with Crippen LogP contribution in [0.15, 0.2) is 33.1 Å². The van der Waals surface area contributed by atoms with Gasteiger partial charge < -0.3 is 5.32 Å². The van der Waals surface area contributed by atoms with Crippen LogP contribution in [0.2, 0.25) is 0 Å². The second-order valence-electron chi connectivity index (χ2n) is 7.00. The molecule has 1 fully saturated rings. The number of nitrogens with one attached hydrogen (secondary N) is 1. The summed E-state index contributed by atoms with van der Waals surface area (Å²) in [4.78, 5) is 8.67. The van der Waals surface area contributed by atoms with Crippen molar-refractivity contribution in [3.05, 3.63) is 29.6 Å². The van der Waals surface area contributed by atoms with Crippen molar-refractivity contribution >= 4 is 21.4 Å². The Morgan fingerprint density at radius 1 is 1.32 bits per heavy atom. The third kappa shape index (κ3) is 4.33. The van der Waals surface area contributed by atoms with Gasteiger partial charge in [0.15, 0.2) is 15.7 Å². The highest BCUT2D eigenvalue weighted by Gasteiger charge is 2.23. The van der Waals surface area contributed by atoms with Gasteiger partial charge in [-0.05, 0) is 62.4 Å². The number of hydrogen-bond acceptors (Lipinski definition) is 5. The van der Waals surface area contributed by atoms with Gasteiger partial charge in [-0.3, -0.25) is 4.99 Å². The number of benzene rings is 1. The lowest BCUT2D eigenvalue weighted by atomic mass is 9.83. The Hall–Kier alpha value is -1.60. The maximum atomic E-state index is 14.1. The molecule has 3 rings (SSSR count). The zero-order chi connectivity index (χ0) is 18.0. The van der Waals surface area contributed by atoms with E-state index in [-0.39, 0.29) is 4.90 Å². The Kier molecular flexibility index (Phi) is 5.34. The summed E-state index contributed by atoms with van der Waals surface area (Å²) in [6.07, 6.45) is 4.29. The molecule has 0 spiro atoms. The van der Waals surface area contributed by atoms with Crippen LogP contribution >= 0.6 is 0 Å². The molecule has 2 aliphatic rings. The fourth-order valence-corrected chi connectivity index (χ4v) is 4.27. The molecule has 2 heterocycles. The lowest BCUT2D eigenvalue weighted by Crippen LogP contribution is -2.31. The third-order valence-corrected chi connectivity index (χ3v) is 6.14. The molecule has 1 N–H and O–H groups in total. The first-order valence-corrected chi connectivity index (χ1v) is 10.6. The van der Waals surface area contributed by atoms with Crippen LogP contribution in [0.3, 0.4) is 0 Å². The van der Waals surface area contributed by atoms with Crippen molar-refractivity contribution in [2.24, 2.45) is 21.8 Å². The fourth-order valence-electron chi connectivity index (χ4n) is 3.54. The fraction of sp³-hybridized carbons (Fsp3) is 0.556. The molecule has 0 aliphatic carbocycles. The zero-order valence-corrected chi connectivity index (χ0v) is 15.4. The lowest BCUT2D eigenvalue weighted by Gasteiger charge is -2.28. The molecule has 5 nitrogen and oxygen atoms in total. The second kappa shape index (κ2) is 7.33. The Bertz CT molecular complexity index is 812. The number of nitrogens with zero attached hydrogens (tertiary/aromatic N) is 2. The van der Waals surface area contributed by atoms with Crippen LogP contribution in [0.4, 0.5) is 4.39 Å². The summed E-state index contributed by atoms with van der Waals surface area (Å²) in [6, 6.07) is 4.06. The summed E-state index contributed by atoms with van der Waals surface area (Å²) < 4.78 is 37.1. The van der Waals surface area contributed by atoms with Crippen molar-refractivity contribution in [1.29, 1.82) is 0 Å². The summed E-state index contributed by atoms with van der Waals surface area (Å²) in [5.74, 6) is 1.00. The number of amidine groups is 1. The number of rotatable bonds is 5. The molecule has 0 saturated carbocycles. The van der Waals surface area contributed by atoms with Gasteiger partial charge in [0.25, 0.3) is 0 Å². The Labute approximate surface area is 148 Å². The van der Waals surface area contributed by atoms with Gasteiger partial charge in [0, 0.05) is 17.5 Å². The molecule has 0 bridgehead atoms. The van der Waals surface area contributed by atoms with Crippen molar-refractivity contribution in [3.8, 4) is 0 Å². The summed E-state index contributed by atoms with van der Waals surface area (Å²) >= 11 is 0. The van der Waals surface area contributed by atoms with Crippen LogP contribution in [0.1, 0.15) is 31.7 Å². The average molecular weight is 365 g/mol. The number of halogens is 1. The first kappa shape index (κ1) is 18.2. The molecule has 1 atom stereocenters. The Morgan fingerprint density at radius 3 is 2.68 bits per heavy atom. The molecule has 0 aromatic heterocycles. The number of piperidine rings is 1. The molecule has 0 amide bonds. The van der Waals surface area contributed by atoms with Gasteiger partial charge in [-0.2, -0.15) is 0 Å². The maximum Gasteiger partial charge on any atom is 0.178 e. The highest BCUT2D eigenvalue weighted by Crippen LogP contribution is 2.26. The van der Waals surface area contributed by atoms with E-state index in [0.29, 0.717) is 29.8 Å². The van der Waals surface area contributed by atoms with Crippen molar-refractivity contribution in [2.75, 3.05) is 25.9 Å². The van der Waals surface area contributed by atoms with E-state index in [0.717, 1.165) is 31.5 Å². The second-order valence-corrected chi connectivity index (χ2v) is 8.99. The van der Waals surface area contributed by atoms with Crippen LogP contribution in [-0.4, -0.2) is 45.9 Å². The van der Waals surface area contributed by atoms with Crippen molar-refractivity contribution in [2.45, 2.75) is 31.1 Å². The minimum atomic E-state index is -3.57. The smallest absolute Gasteiger partial charge is 0.178 e. The lowest BCUT2D eigenvalue weighted by molar-refractivity contribution is 0.281. The quantitative estimate of drug-likeness (QED) is 0.871. The van der Waals surface area contributed by atoms with Gasteiger partial charge in [-0.25, -0.2) is 17.8 Å². The van der Waals surface area contributed by atoms with Gasteiger partial charge in [0.1, 0.15) is 10.7 Å². The molecule has 1 saturated heterocycles. The minimum absolute atomic E-state index is 0.293. The Balaban J connectivity index is 1.69. The first-order valence-electron chi connectivity index (χ1n) is 8.66. The molecule has 1 unspecified atom stereocenters. The van der Waals surface area contributed by atoms with E-state index < -0.39 is 15.7 Å². The summed E-state index contributed by atoms with van der Waals surface area (Å²) in [5.41, 5.74) is 1.54. The molecule has 1 aromatic carbocycles. The predicted octanol–water partition coefficient (Wildman–Crippen LogP) is 2.46. The standard InChI is InChI=1S/C18H24FN3O2S/c1-12(13-5-7-20-8-6-13)9-15-11-21-18(22-15)14-3-4-17(16(19)10-14)25(2,23)24/h3-4,10,12-13,20H,5-9,11H2,1-2H3. The van der Waals surface area contributed by atoms with Crippen LogP contribution in [0.5, 0.6) is 0 Å². The normalized spacial score (nSPS) is 20.3. The molecular formula is C18H24FN3O2S. The van der Waals surface area contributed by atoms with Gasteiger partial charge >= 0.3 is 0 Å². The third-order valence-electron chi connectivity index (χ3n) is 5.01. The zero-order valence-electron chi connectivity index (χ0n) is 14.6. The first-order chi connectivity index (χ1) is 11.8. The molecule has 2 aliphatic heterocycles. The predicted molar refractivity (Wildman–Crippen MR) is 97.7 cm³/mol. The molecular weight excluding hydrogens is 341 g/mol. The molecule has 136 valence electrons. The molecule has 25 heavy (non-hydrogen) atoms. The average Bonchev–Trinajstić information content (AvgIpc) is 3.03.